The second-order valence-electron chi connectivity index (χ2n) is 8.60. The van der Waals surface area contributed by atoms with Crippen LogP contribution in [0.5, 0.6) is 11.5 Å². The largest absolute Gasteiger partial charge is 0.484 e. The minimum atomic E-state index is -4.73. The summed E-state index contributed by atoms with van der Waals surface area (Å²) in [7, 11) is 0. The van der Waals surface area contributed by atoms with Crippen molar-refractivity contribution in [3.63, 3.8) is 0 Å². The van der Waals surface area contributed by atoms with Crippen molar-refractivity contribution < 1.29 is 32.2 Å². The highest BCUT2D eigenvalue weighted by Crippen LogP contribution is 2.45. The average Bonchev–Trinajstić information content (AvgIpc) is 3.18. The number of nitrogens with two attached hydrogens (primary N) is 1. The zero-order chi connectivity index (χ0) is 25.4. The van der Waals surface area contributed by atoms with Gasteiger partial charge in [0.1, 0.15) is 17.5 Å². The SMILES string of the molecule is CC(C)(C)c1c(C(F)(F)F)cnc(Nc2nc(-c3ccc(OC4COC4)cn3)ns2)c1OC(N)=O. The second-order valence-corrected chi connectivity index (χ2v) is 9.35. The molecule has 0 aliphatic carbocycles. The van der Waals surface area contributed by atoms with Crippen LogP contribution in [0.1, 0.15) is 31.9 Å². The first kappa shape index (κ1) is 24.6. The van der Waals surface area contributed by atoms with E-state index in [1.807, 2.05) is 0 Å². The van der Waals surface area contributed by atoms with E-state index >= 15 is 0 Å². The first-order chi connectivity index (χ1) is 16.4. The van der Waals surface area contributed by atoms with E-state index in [9.17, 15) is 18.0 Å². The summed E-state index contributed by atoms with van der Waals surface area (Å²) in [5, 5.41) is 2.97. The van der Waals surface area contributed by atoms with E-state index in [1.165, 1.54) is 6.20 Å². The summed E-state index contributed by atoms with van der Waals surface area (Å²) in [4.78, 5) is 24.0. The van der Waals surface area contributed by atoms with Crippen molar-refractivity contribution in [1.29, 1.82) is 0 Å². The lowest BCUT2D eigenvalue weighted by Gasteiger charge is -2.27. The molecule has 35 heavy (non-hydrogen) atoms. The van der Waals surface area contributed by atoms with Gasteiger partial charge >= 0.3 is 12.3 Å². The van der Waals surface area contributed by atoms with Gasteiger partial charge in [-0.3, -0.25) is 0 Å². The molecule has 14 heteroatoms. The van der Waals surface area contributed by atoms with Gasteiger partial charge in [-0.2, -0.15) is 22.5 Å². The number of hydrogen-bond acceptors (Lipinski definition) is 10. The number of nitrogens with one attached hydrogen (secondary N) is 1. The van der Waals surface area contributed by atoms with Gasteiger partial charge < -0.3 is 25.3 Å². The number of nitrogens with zero attached hydrogens (tertiary/aromatic N) is 4. The van der Waals surface area contributed by atoms with Gasteiger partial charge in [-0.25, -0.2) is 14.8 Å². The molecule has 4 rings (SSSR count). The first-order valence-electron chi connectivity index (χ1n) is 10.3. The molecule has 1 aliphatic rings. The van der Waals surface area contributed by atoms with Gasteiger partial charge in [-0.05, 0) is 17.5 Å². The lowest BCUT2D eigenvalue weighted by Crippen LogP contribution is -2.38. The number of pyridine rings is 2. The minimum absolute atomic E-state index is 0.00175. The zero-order valence-electron chi connectivity index (χ0n) is 18.8. The molecular weight excluding hydrogens is 489 g/mol. The first-order valence-corrected chi connectivity index (χ1v) is 11.1. The number of rotatable bonds is 6. The topological polar surface area (TPSA) is 134 Å². The number of amides is 1. The van der Waals surface area contributed by atoms with E-state index in [4.69, 9.17) is 19.9 Å². The van der Waals surface area contributed by atoms with Gasteiger partial charge in [0.25, 0.3) is 0 Å². The van der Waals surface area contributed by atoms with Gasteiger partial charge in [0.05, 0.1) is 25.0 Å². The van der Waals surface area contributed by atoms with Crippen LogP contribution in [-0.4, -0.2) is 44.7 Å². The summed E-state index contributed by atoms with van der Waals surface area (Å²) < 4.78 is 61.0. The zero-order valence-corrected chi connectivity index (χ0v) is 19.7. The van der Waals surface area contributed by atoms with Crippen molar-refractivity contribution in [1.82, 2.24) is 19.3 Å². The maximum atomic E-state index is 13.7. The van der Waals surface area contributed by atoms with E-state index < -0.39 is 29.0 Å². The Morgan fingerprint density at radius 2 is 1.94 bits per heavy atom. The van der Waals surface area contributed by atoms with Crippen LogP contribution in [0.3, 0.4) is 0 Å². The Hall–Kier alpha value is -3.52. The van der Waals surface area contributed by atoms with Crippen LogP contribution < -0.4 is 20.5 Å². The molecule has 0 spiro atoms. The molecule has 0 unspecified atom stereocenters. The molecule has 4 heterocycles. The standard InChI is InChI=1S/C21H21F3N6O4S/c1-20(2,3)14-12(21(22,23)24)7-27-17(15(14)34-18(25)31)29-19-28-16(30-35-19)13-5-4-10(6-26-13)33-11-8-32-9-11/h4-7,11H,8-9H2,1-3H3,(H2,25,31)(H,27,28,29,30). The van der Waals surface area contributed by atoms with Crippen molar-refractivity contribution in [2.24, 2.45) is 5.73 Å². The summed E-state index contributed by atoms with van der Waals surface area (Å²) >= 11 is 0.924. The Morgan fingerprint density at radius 3 is 2.49 bits per heavy atom. The summed E-state index contributed by atoms with van der Waals surface area (Å²) in [6.07, 6.45) is -3.80. The average molecular weight is 510 g/mol. The molecule has 0 atom stereocenters. The molecule has 0 radical (unpaired) electrons. The molecule has 0 aromatic carbocycles. The molecule has 3 aromatic rings. The third-order valence-electron chi connectivity index (χ3n) is 4.82. The third kappa shape index (κ3) is 5.59. The Labute approximate surface area is 201 Å². The Morgan fingerprint density at radius 1 is 1.20 bits per heavy atom. The van der Waals surface area contributed by atoms with Gasteiger partial charge in [-0.1, -0.05) is 20.8 Å². The van der Waals surface area contributed by atoms with E-state index in [0.29, 0.717) is 30.9 Å². The van der Waals surface area contributed by atoms with Crippen molar-refractivity contribution in [2.75, 3.05) is 18.5 Å². The Kier molecular flexibility index (Phi) is 6.51. The molecular formula is C21H21F3N6O4S. The molecule has 0 bridgehead atoms. The Bertz CT molecular complexity index is 1220. The quantitative estimate of drug-likeness (QED) is 0.498. The normalized spacial score (nSPS) is 14.3. The van der Waals surface area contributed by atoms with Crippen LogP contribution in [0.2, 0.25) is 0 Å². The van der Waals surface area contributed by atoms with Gasteiger partial charge in [0.15, 0.2) is 17.4 Å². The number of primary amides is 1. The molecule has 1 amide bonds. The predicted molar refractivity (Wildman–Crippen MR) is 120 cm³/mol. The van der Waals surface area contributed by atoms with Crippen LogP contribution in [0.15, 0.2) is 24.5 Å². The summed E-state index contributed by atoms with van der Waals surface area (Å²) in [6.45, 7) is 5.71. The van der Waals surface area contributed by atoms with E-state index in [0.717, 1.165) is 11.5 Å². The van der Waals surface area contributed by atoms with E-state index in [-0.39, 0.29) is 28.4 Å². The fourth-order valence-electron chi connectivity index (χ4n) is 3.28. The lowest BCUT2D eigenvalue weighted by atomic mass is 9.83. The number of hydrogen-bond donors (Lipinski definition) is 2. The molecule has 3 N–H and O–H groups in total. The number of carbonyl (C=O) groups is 1. The van der Waals surface area contributed by atoms with Crippen LogP contribution in [0.25, 0.3) is 11.5 Å². The molecule has 1 fully saturated rings. The van der Waals surface area contributed by atoms with Crippen molar-refractivity contribution in [3.8, 4) is 23.0 Å². The second kappa shape index (κ2) is 9.26. The van der Waals surface area contributed by atoms with Gasteiger partial charge in [0.2, 0.25) is 5.13 Å². The highest BCUT2D eigenvalue weighted by Gasteiger charge is 2.40. The number of ether oxygens (including phenoxy) is 3. The van der Waals surface area contributed by atoms with Crippen molar-refractivity contribution >= 4 is 28.6 Å². The minimum Gasteiger partial charge on any atom is -0.484 e. The fourth-order valence-corrected chi connectivity index (χ4v) is 3.85. The number of halogens is 3. The van der Waals surface area contributed by atoms with Crippen molar-refractivity contribution in [2.45, 2.75) is 38.5 Å². The highest BCUT2D eigenvalue weighted by molar-refractivity contribution is 7.09. The van der Waals surface area contributed by atoms with Gasteiger partial charge in [-0.15, -0.1) is 0 Å². The van der Waals surface area contributed by atoms with E-state index in [2.05, 4.69) is 24.6 Å². The molecule has 10 nitrogen and oxygen atoms in total. The highest BCUT2D eigenvalue weighted by atomic mass is 32.1. The molecule has 1 aliphatic heterocycles. The van der Waals surface area contributed by atoms with Gasteiger partial charge in [0, 0.05) is 23.3 Å². The lowest BCUT2D eigenvalue weighted by molar-refractivity contribution is -0.139. The van der Waals surface area contributed by atoms with Crippen LogP contribution in [-0.2, 0) is 16.3 Å². The smallest absolute Gasteiger partial charge is 0.418 e. The maximum Gasteiger partial charge on any atom is 0.418 e. The number of alkyl halides is 3. The van der Waals surface area contributed by atoms with Crippen LogP contribution in [0.4, 0.5) is 28.9 Å². The third-order valence-corrected chi connectivity index (χ3v) is 5.45. The predicted octanol–water partition coefficient (Wildman–Crippen LogP) is 4.29. The number of anilines is 2. The molecule has 186 valence electrons. The molecule has 3 aromatic heterocycles. The monoisotopic (exact) mass is 510 g/mol. The van der Waals surface area contributed by atoms with Crippen LogP contribution in [0, 0.1) is 0 Å². The summed E-state index contributed by atoms with van der Waals surface area (Å²) in [6, 6.07) is 3.40. The summed E-state index contributed by atoms with van der Waals surface area (Å²) in [5.41, 5.74) is 3.21. The van der Waals surface area contributed by atoms with Crippen LogP contribution >= 0.6 is 11.5 Å². The number of aromatic nitrogens is 4. The maximum absolute atomic E-state index is 13.7. The molecule has 0 saturated carbocycles. The molecule has 1 saturated heterocycles. The van der Waals surface area contributed by atoms with Crippen molar-refractivity contribution in [3.05, 3.63) is 35.7 Å². The Balaban J connectivity index is 1.63. The fraction of sp³-hybridized carbons (Fsp3) is 0.381. The van der Waals surface area contributed by atoms with E-state index in [1.54, 1.807) is 32.9 Å². The summed E-state index contributed by atoms with van der Waals surface area (Å²) in [5.74, 6) is 0.254. The number of carbonyl (C=O) groups excluding carboxylic acids is 1.